The van der Waals surface area contributed by atoms with E-state index in [4.69, 9.17) is 10.5 Å². The number of anilines is 1. The molecule has 1 heterocycles. The number of nitrogen functional groups attached to an aromatic ring is 1. The number of benzene rings is 3. The number of carbonyl (C=O) groups excluding carboxylic acids is 2. The number of aromatic nitrogens is 1. The second-order valence-electron chi connectivity index (χ2n) is 14.6. The van der Waals surface area contributed by atoms with Crippen molar-refractivity contribution in [1.82, 2.24) is 10.3 Å². The number of nitrogens with zero attached hydrogens (tertiary/aromatic N) is 1. The molecule has 0 saturated heterocycles. The minimum absolute atomic E-state index is 0.000991. The SMILES string of the molecule is CNC[C@H](C)C[C@H](CCCO)CCCC(=O)CC(=O)C=Cc1cc(OC)c(O)cc1Cc1cnc(N)cc1CCc1cccc(CCc2ccccc2)c1. The van der Waals surface area contributed by atoms with E-state index >= 15 is 0 Å². The first kappa shape index (κ1) is 42.0. The zero-order valence-electron chi connectivity index (χ0n) is 32.4. The third kappa shape index (κ3) is 14.2. The number of aliphatic hydroxyl groups excluding tert-OH is 1. The van der Waals surface area contributed by atoms with Crippen LogP contribution in [-0.2, 0) is 41.7 Å². The van der Waals surface area contributed by atoms with Crippen molar-refractivity contribution in [3.8, 4) is 11.5 Å². The molecule has 8 nitrogen and oxygen atoms in total. The Balaban J connectivity index is 1.40. The number of aliphatic hydroxyl groups is 1. The molecule has 54 heavy (non-hydrogen) atoms. The first-order valence-electron chi connectivity index (χ1n) is 19.4. The second kappa shape index (κ2) is 22.4. The molecule has 5 N–H and O–H groups in total. The maximum Gasteiger partial charge on any atom is 0.163 e. The topological polar surface area (TPSA) is 135 Å². The molecule has 3 aromatic carbocycles. The standard InChI is InChI=1S/C46H59N3O5/c1-33(31-48-2)24-35(15-9-23-50)14-8-16-42(51)30-43(52)22-21-38-28-45(54-3)44(53)27-40(38)26-41-32-49-46(47)29-39(41)20-19-37-13-7-12-36(25-37)18-17-34-10-5-4-6-11-34/h4-7,10-13,21-22,25,27-29,32-33,35,48,50,53H,8-9,14-20,23-24,26,30-31H2,1-3H3,(H2,47,49)/t33-,35+/m1/s1. The molecule has 0 radical (unpaired) electrons. The highest BCUT2D eigenvalue weighted by atomic mass is 16.5. The fourth-order valence-corrected chi connectivity index (χ4v) is 7.27. The van der Waals surface area contributed by atoms with E-state index in [2.05, 4.69) is 65.8 Å². The molecular weight excluding hydrogens is 675 g/mol. The second-order valence-corrected chi connectivity index (χ2v) is 14.6. The van der Waals surface area contributed by atoms with Crippen LogP contribution in [0, 0.1) is 11.8 Å². The number of allylic oxidation sites excluding steroid dienone is 1. The number of pyridine rings is 1. The summed E-state index contributed by atoms with van der Waals surface area (Å²) in [6, 6.07) is 24.6. The Bertz CT molecular complexity index is 1810. The zero-order chi connectivity index (χ0) is 38.7. The number of hydrogen-bond donors (Lipinski definition) is 4. The fraction of sp³-hybridized carbons (Fsp3) is 0.413. The van der Waals surface area contributed by atoms with Crippen LogP contribution in [-0.4, -0.2) is 54.1 Å². The van der Waals surface area contributed by atoms with Crippen LogP contribution < -0.4 is 15.8 Å². The summed E-state index contributed by atoms with van der Waals surface area (Å²) < 4.78 is 5.40. The monoisotopic (exact) mass is 733 g/mol. The molecule has 8 heteroatoms. The van der Waals surface area contributed by atoms with Crippen molar-refractivity contribution in [3.63, 3.8) is 0 Å². The van der Waals surface area contributed by atoms with Gasteiger partial charge < -0.3 is 26.0 Å². The lowest BCUT2D eigenvalue weighted by Crippen LogP contribution is -2.19. The lowest BCUT2D eigenvalue weighted by Gasteiger charge is -2.20. The molecule has 0 aliphatic rings. The number of aromatic hydroxyl groups is 1. The molecule has 4 rings (SSSR count). The van der Waals surface area contributed by atoms with E-state index < -0.39 is 0 Å². The van der Waals surface area contributed by atoms with Crippen molar-refractivity contribution >= 4 is 23.5 Å². The van der Waals surface area contributed by atoms with Crippen LogP contribution in [0.25, 0.3) is 6.08 Å². The van der Waals surface area contributed by atoms with Gasteiger partial charge in [0.05, 0.1) is 13.5 Å². The molecule has 0 fully saturated rings. The van der Waals surface area contributed by atoms with Crippen LogP contribution in [0.5, 0.6) is 11.5 Å². The zero-order valence-corrected chi connectivity index (χ0v) is 32.4. The summed E-state index contributed by atoms with van der Waals surface area (Å²) in [4.78, 5) is 30.2. The van der Waals surface area contributed by atoms with Crippen LogP contribution in [0.3, 0.4) is 0 Å². The van der Waals surface area contributed by atoms with E-state index in [1.807, 2.05) is 19.2 Å². The van der Waals surface area contributed by atoms with Gasteiger partial charge in [0.25, 0.3) is 0 Å². The summed E-state index contributed by atoms with van der Waals surface area (Å²) >= 11 is 0. The predicted molar refractivity (Wildman–Crippen MR) is 219 cm³/mol. The van der Waals surface area contributed by atoms with Gasteiger partial charge in [-0.2, -0.15) is 0 Å². The van der Waals surface area contributed by atoms with Crippen molar-refractivity contribution < 1.29 is 24.5 Å². The van der Waals surface area contributed by atoms with E-state index in [0.717, 1.165) is 81.0 Å². The Morgan fingerprint density at radius 1 is 0.889 bits per heavy atom. The van der Waals surface area contributed by atoms with Gasteiger partial charge in [-0.05, 0) is 146 Å². The minimum atomic E-state index is -0.265. The highest BCUT2D eigenvalue weighted by Gasteiger charge is 2.16. The Hall–Kier alpha value is -4.79. The van der Waals surface area contributed by atoms with Gasteiger partial charge in [-0.15, -0.1) is 0 Å². The number of phenolic OH excluding ortho intramolecular Hbond substituents is 1. The smallest absolute Gasteiger partial charge is 0.163 e. The summed E-state index contributed by atoms with van der Waals surface area (Å²) in [6.07, 6.45) is 13.5. The quantitative estimate of drug-likeness (QED) is 0.0422. The highest BCUT2D eigenvalue weighted by Crippen LogP contribution is 2.32. The van der Waals surface area contributed by atoms with Gasteiger partial charge in [0.15, 0.2) is 17.3 Å². The number of hydrogen-bond acceptors (Lipinski definition) is 8. The van der Waals surface area contributed by atoms with Crippen LogP contribution in [0.4, 0.5) is 5.82 Å². The maximum absolute atomic E-state index is 13.0. The van der Waals surface area contributed by atoms with Gasteiger partial charge in [0.2, 0.25) is 0 Å². The summed E-state index contributed by atoms with van der Waals surface area (Å²) in [5, 5.41) is 23.3. The Kier molecular flexibility index (Phi) is 17.4. The number of ether oxygens (including phenoxy) is 1. The lowest BCUT2D eigenvalue weighted by atomic mass is 9.87. The Labute approximate surface area is 321 Å². The first-order chi connectivity index (χ1) is 26.2. The molecule has 0 saturated carbocycles. The minimum Gasteiger partial charge on any atom is -0.504 e. The third-order valence-electron chi connectivity index (χ3n) is 10.1. The van der Waals surface area contributed by atoms with Gasteiger partial charge in [-0.1, -0.05) is 74.0 Å². The molecule has 0 amide bonds. The average molecular weight is 734 g/mol. The molecule has 0 aliphatic carbocycles. The molecule has 0 spiro atoms. The number of ketones is 2. The molecule has 0 aliphatic heterocycles. The summed E-state index contributed by atoms with van der Waals surface area (Å²) in [5.41, 5.74) is 13.6. The van der Waals surface area contributed by atoms with Crippen LogP contribution in [0.2, 0.25) is 0 Å². The fourth-order valence-electron chi connectivity index (χ4n) is 7.27. The van der Waals surface area contributed by atoms with Gasteiger partial charge in [0.1, 0.15) is 11.6 Å². The largest absolute Gasteiger partial charge is 0.504 e. The number of Topliss-reactive ketones (excluding diaryl/α,β-unsaturated/α-hetero) is 1. The molecule has 2 atom stereocenters. The van der Waals surface area contributed by atoms with Gasteiger partial charge in [-0.25, -0.2) is 4.98 Å². The number of rotatable bonds is 24. The summed E-state index contributed by atoms with van der Waals surface area (Å²) in [6.45, 7) is 3.33. The Morgan fingerprint density at radius 3 is 2.31 bits per heavy atom. The van der Waals surface area contributed by atoms with Crippen molar-refractivity contribution in [2.24, 2.45) is 11.8 Å². The first-order valence-corrected chi connectivity index (χ1v) is 19.4. The number of nitrogens with one attached hydrogen (secondary N) is 1. The van der Waals surface area contributed by atoms with E-state index in [-0.39, 0.29) is 30.3 Å². The normalized spacial score (nSPS) is 12.5. The van der Waals surface area contributed by atoms with Gasteiger partial charge >= 0.3 is 0 Å². The number of carbonyl (C=O) groups is 2. The number of nitrogens with two attached hydrogens (primary N) is 1. The van der Waals surface area contributed by atoms with Crippen molar-refractivity contribution in [3.05, 3.63) is 124 Å². The van der Waals surface area contributed by atoms with Crippen molar-refractivity contribution in [1.29, 1.82) is 0 Å². The van der Waals surface area contributed by atoms with Crippen LogP contribution in [0.1, 0.15) is 90.8 Å². The number of aryl methyl sites for hydroxylation is 4. The summed E-state index contributed by atoms with van der Waals surface area (Å²) in [5.74, 6) is 1.37. The van der Waals surface area contributed by atoms with E-state index in [1.54, 1.807) is 24.4 Å². The van der Waals surface area contributed by atoms with Gasteiger partial charge in [0, 0.05) is 19.2 Å². The molecule has 288 valence electrons. The Morgan fingerprint density at radius 2 is 1.59 bits per heavy atom. The van der Waals surface area contributed by atoms with Gasteiger partial charge in [-0.3, -0.25) is 9.59 Å². The molecule has 0 bridgehead atoms. The highest BCUT2D eigenvalue weighted by molar-refractivity contribution is 6.06. The molecular formula is C46H59N3O5. The number of methoxy groups -OCH3 is 1. The van der Waals surface area contributed by atoms with E-state index in [9.17, 15) is 19.8 Å². The van der Waals surface area contributed by atoms with Crippen molar-refractivity contribution in [2.75, 3.05) is 33.0 Å². The molecule has 4 aromatic rings. The van der Waals surface area contributed by atoms with Crippen molar-refractivity contribution in [2.45, 2.75) is 84.0 Å². The van der Waals surface area contributed by atoms with Crippen LogP contribution in [0.15, 0.2) is 85.1 Å². The molecule has 0 unspecified atom stereocenters. The average Bonchev–Trinajstić information content (AvgIpc) is 3.16. The predicted octanol–water partition coefficient (Wildman–Crippen LogP) is 7.89. The maximum atomic E-state index is 13.0. The summed E-state index contributed by atoms with van der Waals surface area (Å²) in [7, 11) is 3.44. The van der Waals surface area contributed by atoms with E-state index in [0.29, 0.717) is 41.8 Å². The van der Waals surface area contributed by atoms with E-state index in [1.165, 1.54) is 29.9 Å². The van der Waals surface area contributed by atoms with Crippen LogP contribution >= 0.6 is 0 Å². The number of phenols is 1. The molecule has 1 aromatic heterocycles. The third-order valence-corrected chi connectivity index (χ3v) is 10.1. The lowest BCUT2D eigenvalue weighted by molar-refractivity contribution is -0.124.